The Morgan fingerprint density at radius 2 is 1.92 bits per heavy atom. The van der Waals surface area contributed by atoms with Crippen LogP contribution < -0.4 is 5.73 Å². The van der Waals surface area contributed by atoms with E-state index in [-0.39, 0.29) is 0 Å². The van der Waals surface area contributed by atoms with Crippen molar-refractivity contribution in [1.82, 2.24) is 0 Å². The van der Waals surface area contributed by atoms with E-state index in [9.17, 15) is 0 Å². The molecule has 0 atom stereocenters. The third-order valence-corrected chi connectivity index (χ3v) is 3.66. The Labute approximate surface area is 74.5 Å². The molecule has 3 aliphatic carbocycles. The summed E-state index contributed by atoms with van der Waals surface area (Å²) in [5.74, 6) is 0. The zero-order valence-corrected chi connectivity index (χ0v) is 7.94. The van der Waals surface area contributed by atoms with Gasteiger partial charge in [0.1, 0.15) is 0 Å². The van der Waals surface area contributed by atoms with E-state index in [1.165, 1.54) is 25.7 Å². The number of ether oxygens (including phenoxy) is 1. The molecule has 0 spiro atoms. The van der Waals surface area contributed by atoms with E-state index in [0.29, 0.717) is 10.8 Å². The summed E-state index contributed by atoms with van der Waals surface area (Å²) in [6.45, 7) is 4.78. The van der Waals surface area contributed by atoms with E-state index in [4.69, 9.17) is 10.5 Å². The number of rotatable bonds is 5. The first kappa shape index (κ1) is 8.52. The van der Waals surface area contributed by atoms with Crippen LogP contribution in [-0.2, 0) is 4.74 Å². The van der Waals surface area contributed by atoms with Gasteiger partial charge in [-0.05, 0) is 50.0 Å². The van der Waals surface area contributed by atoms with Gasteiger partial charge in [0.15, 0.2) is 0 Å². The SMILES string of the molecule is CCOCCC12CC(CN)(C1)C2. The predicted octanol–water partition coefficient (Wildman–Crippen LogP) is 1.54. The molecular weight excluding hydrogens is 150 g/mol. The molecule has 2 N–H and O–H groups in total. The molecule has 0 aliphatic heterocycles. The van der Waals surface area contributed by atoms with Crippen LogP contribution in [0.5, 0.6) is 0 Å². The molecule has 0 aromatic rings. The van der Waals surface area contributed by atoms with Crippen molar-refractivity contribution in [3.05, 3.63) is 0 Å². The fraction of sp³-hybridized carbons (Fsp3) is 1.00. The monoisotopic (exact) mass is 169 g/mol. The van der Waals surface area contributed by atoms with Crippen LogP contribution in [0, 0.1) is 10.8 Å². The molecule has 70 valence electrons. The van der Waals surface area contributed by atoms with Crippen molar-refractivity contribution >= 4 is 0 Å². The second-order valence-corrected chi connectivity index (χ2v) is 4.68. The fourth-order valence-corrected chi connectivity index (χ4v) is 3.15. The van der Waals surface area contributed by atoms with Crippen LogP contribution in [0.4, 0.5) is 0 Å². The van der Waals surface area contributed by atoms with Crippen molar-refractivity contribution in [2.45, 2.75) is 32.6 Å². The third-order valence-electron chi connectivity index (χ3n) is 3.66. The van der Waals surface area contributed by atoms with E-state index < -0.39 is 0 Å². The van der Waals surface area contributed by atoms with Crippen LogP contribution in [0.1, 0.15) is 32.6 Å². The van der Waals surface area contributed by atoms with Gasteiger partial charge in [0, 0.05) is 13.2 Å². The van der Waals surface area contributed by atoms with Crippen molar-refractivity contribution in [3.8, 4) is 0 Å². The summed E-state index contributed by atoms with van der Waals surface area (Å²) in [4.78, 5) is 0. The highest BCUT2D eigenvalue weighted by Crippen LogP contribution is 2.74. The first-order valence-electron chi connectivity index (χ1n) is 5.02. The zero-order valence-electron chi connectivity index (χ0n) is 7.94. The molecule has 12 heavy (non-hydrogen) atoms. The van der Waals surface area contributed by atoms with Crippen LogP contribution in [0.3, 0.4) is 0 Å². The van der Waals surface area contributed by atoms with Gasteiger partial charge < -0.3 is 10.5 Å². The second-order valence-electron chi connectivity index (χ2n) is 4.68. The van der Waals surface area contributed by atoms with Gasteiger partial charge in [0.25, 0.3) is 0 Å². The Hall–Kier alpha value is -0.0800. The fourth-order valence-electron chi connectivity index (χ4n) is 3.15. The topological polar surface area (TPSA) is 35.2 Å². The molecule has 0 amide bonds. The lowest BCUT2D eigenvalue weighted by molar-refractivity contribution is -0.205. The van der Waals surface area contributed by atoms with E-state index >= 15 is 0 Å². The van der Waals surface area contributed by atoms with Crippen molar-refractivity contribution in [2.24, 2.45) is 16.6 Å². The predicted molar refractivity (Wildman–Crippen MR) is 48.9 cm³/mol. The first-order chi connectivity index (χ1) is 5.74. The number of hydrogen-bond acceptors (Lipinski definition) is 2. The maximum absolute atomic E-state index is 5.69. The molecular formula is C10H19NO. The van der Waals surface area contributed by atoms with Gasteiger partial charge in [-0.25, -0.2) is 0 Å². The van der Waals surface area contributed by atoms with Crippen LogP contribution in [-0.4, -0.2) is 19.8 Å². The standard InChI is InChI=1S/C10H19NO/c1-2-12-4-3-9-5-10(6-9,7-9)8-11/h2-8,11H2,1H3. The van der Waals surface area contributed by atoms with Crippen LogP contribution in [0.15, 0.2) is 0 Å². The third kappa shape index (κ3) is 1.09. The van der Waals surface area contributed by atoms with Gasteiger partial charge in [-0.1, -0.05) is 0 Å². The second kappa shape index (κ2) is 2.71. The summed E-state index contributed by atoms with van der Waals surface area (Å²) >= 11 is 0. The van der Waals surface area contributed by atoms with Gasteiger partial charge in [0.05, 0.1) is 0 Å². The molecule has 0 aromatic heterocycles. The molecule has 2 nitrogen and oxygen atoms in total. The smallest absolute Gasteiger partial charge is 0.0471 e. The van der Waals surface area contributed by atoms with Gasteiger partial charge in [0.2, 0.25) is 0 Å². The minimum absolute atomic E-state index is 0.589. The highest BCUT2D eigenvalue weighted by Gasteiger charge is 2.65. The molecule has 0 aromatic carbocycles. The Morgan fingerprint density at radius 1 is 1.25 bits per heavy atom. The highest BCUT2D eigenvalue weighted by atomic mass is 16.5. The van der Waals surface area contributed by atoms with Crippen molar-refractivity contribution in [1.29, 1.82) is 0 Å². The van der Waals surface area contributed by atoms with Gasteiger partial charge >= 0.3 is 0 Å². The zero-order chi connectivity index (χ0) is 8.66. The van der Waals surface area contributed by atoms with Crippen molar-refractivity contribution < 1.29 is 4.74 Å². The molecule has 0 heterocycles. The molecule has 3 aliphatic rings. The average molecular weight is 169 g/mol. The van der Waals surface area contributed by atoms with Crippen LogP contribution in [0.25, 0.3) is 0 Å². The lowest BCUT2D eigenvalue weighted by atomic mass is 9.34. The summed E-state index contributed by atoms with van der Waals surface area (Å²) in [6.07, 6.45) is 5.40. The molecule has 3 fully saturated rings. The largest absolute Gasteiger partial charge is 0.382 e. The normalized spacial score (nSPS) is 43.5. The van der Waals surface area contributed by atoms with E-state index in [1.807, 2.05) is 0 Å². The highest BCUT2D eigenvalue weighted by molar-refractivity contribution is 5.17. The Balaban J connectivity index is 1.67. The molecule has 0 saturated heterocycles. The maximum atomic E-state index is 5.69. The molecule has 2 bridgehead atoms. The minimum Gasteiger partial charge on any atom is -0.382 e. The summed E-state index contributed by atoms with van der Waals surface area (Å²) in [5.41, 5.74) is 6.95. The van der Waals surface area contributed by atoms with Crippen molar-refractivity contribution in [3.63, 3.8) is 0 Å². The number of nitrogens with two attached hydrogens (primary N) is 1. The lowest BCUT2D eigenvalue weighted by Gasteiger charge is -2.71. The van der Waals surface area contributed by atoms with E-state index in [1.54, 1.807) is 0 Å². The molecule has 2 heteroatoms. The Bertz CT molecular complexity index is 159. The Kier molecular flexibility index (Phi) is 1.92. The van der Waals surface area contributed by atoms with Gasteiger partial charge in [-0.3, -0.25) is 0 Å². The van der Waals surface area contributed by atoms with Gasteiger partial charge in [-0.2, -0.15) is 0 Å². The maximum Gasteiger partial charge on any atom is 0.0471 e. The summed E-state index contributed by atoms with van der Waals surface area (Å²) < 4.78 is 5.37. The molecule has 0 unspecified atom stereocenters. The van der Waals surface area contributed by atoms with E-state index in [0.717, 1.165) is 19.8 Å². The first-order valence-corrected chi connectivity index (χ1v) is 5.02. The van der Waals surface area contributed by atoms with Crippen molar-refractivity contribution in [2.75, 3.05) is 19.8 Å². The van der Waals surface area contributed by atoms with Gasteiger partial charge in [-0.15, -0.1) is 0 Å². The molecule has 3 saturated carbocycles. The van der Waals surface area contributed by atoms with Crippen LogP contribution >= 0.6 is 0 Å². The lowest BCUT2D eigenvalue weighted by Crippen LogP contribution is -2.64. The molecule has 3 rings (SSSR count). The summed E-state index contributed by atoms with van der Waals surface area (Å²) in [6, 6.07) is 0. The Morgan fingerprint density at radius 3 is 2.42 bits per heavy atom. The van der Waals surface area contributed by atoms with E-state index in [2.05, 4.69) is 6.92 Å². The van der Waals surface area contributed by atoms with Crippen LogP contribution in [0.2, 0.25) is 0 Å². The average Bonchev–Trinajstić information content (AvgIpc) is 1.92. The molecule has 0 radical (unpaired) electrons. The minimum atomic E-state index is 0.589. The summed E-state index contributed by atoms with van der Waals surface area (Å²) in [5, 5.41) is 0. The number of hydrogen-bond donors (Lipinski definition) is 1. The summed E-state index contributed by atoms with van der Waals surface area (Å²) in [7, 11) is 0. The quantitative estimate of drug-likeness (QED) is 0.634.